The van der Waals surface area contributed by atoms with Crippen molar-refractivity contribution < 1.29 is 14.3 Å². The van der Waals surface area contributed by atoms with E-state index >= 15 is 0 Å². The second-order valence-electron chi connectivity index (χ2n) is 5.33. The van der Waals surface area contributed by atoms with Crippen LogP contribution in [0.5, 0.6) is 0 Å². The minimum Gasteiger partial charge on any atom is -0.444 e. The first-order valence-electron chi connectivity index (χ1n) is 6.02. The average molecular weight is 242 g/mol. The van der Waals surface area contributed by atoms with Gasteiger partial charge in [0.25, 0.3) is 0 Å². The predicted octanol–water partition coefficient (Wildman–Crippen LogP) is 1.17. The molecule has 0 saturated carbocycles. The topological polar surface area (TPSA) is 58.6 Å². The largest absolute Gasteiger partial charge is 0.444 e. The smallest absolute Gasteiger partial charge is 0.410 e. The van der Waals surface area contributed by atoms with E-state index in [2.05, 4.69) is 5.32 Å². The molecule has 1 aliphatic heterocycles. The maximum Gasteiger partial charge on any atom is 0.410 e. The Labute approximate surface area is 102 Å². The number of Topliss-reactive ketones (excluding diaryl/α,β-unsaturated/α-hetero) is 1. The van der Waals surface area contributed by atoms with Crippen molar-refractivity contribution >= 4 is 11.9 Å². The van der Waals surface area contributed by atoms with Crippen LogP contribution in [-0.2, 0) is 9.53 Å². The van der Waals surface area contributed by atoms with E-state index in [1.807, 2.05) is 20.8 Å². The molecule has 1 saturated heterocycles. The van der Waals surface area contributed by atoms with Crippen molar-refractivity contribution in [2.24, 2.45) is 0 Å². The molecule has 0 radical (unpaired) electrons. The highest BCUT2D eigenvalue weighted by Gasteiger charge is 2.35. The molecule has 1 heterocycles. The Bertz CT molecular complexity index is 297. The molecule has 0 unspecified atom stereocenters. The van der Waals surface area contributed by atoms with Gasteiger partial charge in [-0.1, -0.05) is 0 Å². The van der Waals surface area contributed by atoms with E-state index in [9.17, 15) is 9.59 Å². The van der Waals surface area contributed by atoms with Gasteiger partial charge in [0.2, 0.25) is 0 Å². The summed E-state index contributed by atoms with van der Waals surface area (Å²) in [6, 6.07) is -0.322. The number of hydrogen-bond acceptors (Lipinski definition) is 4. The minimum absolute atomic E-state index is 0.0517. The number of ketones is 1. The van der Waals surface area contributed by atoms with Gasteiger partial charge >= 0.3 is 6.09 Å². The van der Waals surface area contributed by atoms with E-state index in [-0.39, 0.29) is 17.9 Å². The summed E-state index contributed by atoms with van der Waals surface area (Å²) in [5, 5.41) is 2.82. The van der Waals surface area contributed by atoms with Crippen LogP contribution in [0.25, 0.3) is 0 Å². The summed E-state index contributed by atoms with van der Waals surface area (Å²) in [6.45, 7) is 6.38. The molecular formula is C12H22N2O3. The summed E-state index contributed by atoms with van der Waals surface area (Å²) in [5.74, 6) is 0.0517. The first-order valence-corrected chi connectivity index (χ1v) is 6.02. The molecule has 0 bridgehead atoms. The number of likely N-dealkylation sites (N-methyl/N-ethyl adjacent to an activating group) is 1. The third-order valence-electron chi connectivity index (χ3n) is 2.60. The maximum atomic E-state index is 11.9. The number of hydrogen-bond donors (Lipinski definition) is 1. The number of ether oxygens (including phenoxy) is 1. The van der Waals surface area contributed by atoms with Gasteiger partial charge in [-0.05, 0) is 40.7 Å². The summed E-state index contributed by atoms with van der Waals surface area (Å²) in [6.07, 6.45) is 1.21. The summed E-state index contributed by atoms with van der Waals surface area (Å²) >= 11 is 0. The van der Waals surface area contributed by atoms with Gasteiger partial charge in [-0.2, -0.15) is 0 Å². The Kier molecular flexibility index (Phi) is 4.51. The normalized spacial score (nSPS) is 20.5. The lowest BCUT2D eigenvalue weighted by Crippen LogP contribution is -2.45. The number of rotatable bonds is 3. The second kappa shape index (κ2) is 5.49. The second-order valence-corrected chi connectivity index (χ2v) is 5.33. The summed E-state index contributed by atoms with van der Waals surface area (Å²) in [5.41, 5.74) is -0.518. The molecule has 1 atom stereocenters. The highest BCUT2D eigenvalue weighted by molar-refractivity contribution is 5.89. The van der Waals surface area contributed by atoms with E-state index in [4.69, 9.17) is 4.74 Å². The summed E-state index contributed by atoms with van der Waals surface area (Å²) in [7, 11) is 1.73. The van der Waals surface area contributed by atoms with Crippen LogP contribution >= 0.6 is 0 Å². The molecular weight excluding hydrogens is 220 g/mol. The van der Waals surface area contributed by atoms with Crippen molar-refractivity contribution in [2.45, 2.75) is 45.3 Å². The van der Waals surface area contributed by atoms with Gasteiger partial charge in [0.05, 0.1) is 12.6 Å². The molecule has 1 amide bonds. The Morgan fingerprint density at radius 3 is 2.59 bits per heavy atom. The molecule has 0 spiro atoms. The monoisotopic (exact) mass is 242 g/mol. The zero-order chi connectivity index (χ0) is 13.1. The van der Waals surface area contributed by atoms with Crippen LogP contribution in [-0.4, -0.2) is 48.6 Å². The molecule has 1 N–H and O–H groups in total. The SMILES string of the molecule is CNCC(=O)[C@@H]1CCCN1C(=O)OC(C)(C)C. The van der Waals surface area contributed by atoms with Gasteiger partial charge in [0.15, 0.2) is 5.78 Å². The fourth-order valence-electron chi connectivity index (χ4n) is 1.93. The third-order valence-corrected chi connectivity index (χ3v) is 2.60. The fourth-order valence-corrected chi connectivity index (χ4v) is 1.93. The molecule has 1 fully saturated rings. The van der Waals surface area contributed by atoms with Crippen molar-refractivity contribution in [2.75, 3.05) is 20.1 Å². The lowest BCUT2D eigenvalue weighted by molar-refractivity contribution is -0.122. The Morgan fingerprint density at radius 2 is 2.06 bits per heavy atom. The van der Waals surface area contributed by atoms with Crippen molar-refractivity contribution in [1.29, 1.82) is 0 Å². The van der Waals surface area contributed by atoms with E-state index in [0.717, 1.165) is 12.8 Å². The lowest BCUT2D eigenvalue weighted by Gasteiger charge is -2.27. The molecule has 1 aliphatic rings. The predicted molar refractivity (Wildman–Crippen MR) is 64.9 cm³/mol. The molecule has 1 rings (SSSR count). The maximum absolute atomic E-state index is 11.9. The third kappa shape index (κ3) is 4.00. The fraction of sp³-hybridized carbons (Fsp3) is 0.833. The van der Waals surface area contributed by atoms with Crippen LogP contribution in [0, 0.1) is 0 Å². The molecule has 17 heavy (non-hydrogen) atoms. The molecule has 0 aliphatic carbocycles. The standard InChI is InChI=1S/C12H22N2O3/c1-12(2,3)17-11(16)14-7-5-6-9(14)10(15)8-13-4/h9,13H,5-8H2,1-4H3/t9-/m0/s1. The molecule has 0 aromatic carbocycles. The highest BCUT2D eigenvalue weighted by atomic mass is 16.6. The average Bonchev–Trinajstić information content (AvgIpc) is 2.63. The van der Waals surface area contributed by atoms with E-state index < -0.39 is 5.60 Å². The first-order chi connectivity index (χ1) is 7.85. The van der Waals surface area contributed by atoms with Gasteiger partial charge in [-0.15, -0.1) is 0 Å². The van der Waals surface area contributed by atoms with Crippen molar-refractivity contribution in [1.82, 2.24) is 10.2 Å². The highest BCUT2D eigenvalue weighted by Crippen LogP contribution is 2.21. The van der Waals surface area contributed by atoms with Crippen LogP contribution in [0.2, 0.25) is 0 Å². The van der Waals surface area contributed by atoms with Gasteiger partial charge in [0, 0.05) is 6.54 Å². The van der Waals surface area contributed by atoms with Gasteiger partial charge in [0.1, 0.15) is 5.60 Å². The van der Waals surface area contributed by atoms with Crippen LogP contribution in [0.4, 0.5) is 4.79 Å². The number of likely N-dealkylation sites (tertiary alicyclic amines) is 1. The summed E-state index contributed by atoms with van der Waals surface area (Å²) in [4.78, 5) is 25.3. The molecule has 0 aromatic rings. The number of nitrogens with zero attached hydrogens (tertiary/aromatic N) is 1. The lowest BCUT2D eigenvalue weighted by atomic mass is 10.1. The van der Waals surface area contributed by atoms with Crippen LogP contribution in [0.1, 0.15) is 33.6 Å². The Hall–Kier alpha value is -1.10. The van der Waals surface area contributed by atoms with Gasteiger partial charge < -0.3 is 10.1 Å². The Morgan fingerprint density at radius 1 is 1.41 bits per heavy atom. The number of amides is 1. The van der Waals surface area contributed by atoms with E-state index in [1.165, 1.54) is 0 Å². The van der Waals surface area contributed by atoms with Gasteiger partial charge in [-0.3, -0.25) is 9.69 Å². The van der Waals surface area contributed by atoms with Crippen LogP contribution in [0.3, 0.4) is 0 Å². The quantitative estimate of drug-likeness (QED) is 0.807. The zero-order valence-electron chi connectivity index (χ0n) is 11.1. The first kappa shape index (κ1) is 14.0. The van der Waals surface area contributed by atoms with Crippen molar-refractivity contribution in [3.05, 3.63) is 0 Å². The van der Waals surface area contributed by atoms with Crippen LogP contribution in [0.15, 0.2) is 0 Å². The van der Waals surface area contributed by atoms with E-state index in [0.29, 0.717) is 13.1 Å². The summed E-state index contributed by atoms with van der Waals surface area (Å²) < 4.78 is 5.29. The number of nitrogens with one attached hydrogen (secondary N) is 1. The number of carbonyl (C=O) groups is 2. The number of carbonyl (C=O) groups excluding carboxylic acids is 2. The zero-order valence-corrected chi connectivity index (χ0v) is 11.1. The van der Waals surface area contributed by atoms with Crippen molar-refractivity contribution in [3.8, 4) is 0 Å². The van der Waals surface area contributed by atoms with Crippen LogP contribution < -0.4 is 5.32 Å². The minimum atomic E-state index is -0.518. The molecule has 5 nitrogen and oxygen atoms in total. The molecule has 0 aromatic heterocycles. The van der Waals surface area contributed by atoms with Gasteiger partial charge in [-0.25, -0.2) is 4.79 Å². The van der Waals surface area contributed by atoms with Crippen molar-refractivity contribution in [3.63, 3.8) is 0 Å². The Balaban J connectivity index is 2.63. The van der Waals surface area contributed by atoms with E-state index in [1.54, 1.807) is 11.9 Å². The molecule has 5 heteroatoms. The molecule has 98 valence electrons.